The van der Waals surface area contributed by atoms with E-state index >= 15 is 0 Å². The Morgan fingerprint density at radius 3 is 2.88 bits per heavy atom. The number of nitrogens with zero attached hydrogens (tertiary/aromatic N) is 2. The summed E-state index contributed by atoms with van der Waals surface area (Å²) in [7, 11) is 0. The van der Waals surface area contributed by atoms with E-state index in [-0.39, 0.29) is 0 Å². The molecule has 0 aliphatic heterocycles. The molecule has 2 atom stereocenters. The van der Waals surface area contributed by atoms with Crippen molar-refractivity contribution in [2.45, 2.75) is 58.4 Å². The molecule has 0 bridgehead atoms. The average Bonchev–Trinajstić information content (AvgIpc) is 2.76. The molecule has 1 aliphatic rings. The second-order valence-corrected chi connectivity index (χ2v) is 5.00. The van der Waals surface area contributed by atoms with Gasteiger partial charge >= 0.3 is 0 Å². The molecule has 1 fully saturated rings. The largest absolute Gasteiger partial charge is 0.339 e. The monoisotopic (exact) mass is 237 g/mol. The summed E-state index contributed by atoms with van der Waals surface area (Å²) in [4.78, 5) is 4.21. The van der Waals surface area contributed by atoms with Crippen molar-refractivity contribution in [2.75, 3.05) is 6.54 Å². The molecule has 4 heteroatoms. The van der Waals surface area contributed by atoms with Crippen LogP contribution in [-0.2, 0) is 6.42 Å². The Morgan fingerprint density at radius 2 is 2.18 bits per heavy atom. The van der Waals surface area contributed by atoms with Gasteiger partial charge in [0.25, 0.3) is 0 Å². The van der Waals surface area contributed by atoms with E-state index in [4.69, 9.17) is 4.52 Å². The number of hydrogen-bond acceptors (Lipinski definition) is 4. The molecule has 2 rings (SSSR count). The summed E-state index contributed by atoms with van der Waals surface area (Å²) in [5.41, 5.74) is 0. The van der Waals surface area contributed by atoms with Gasteiger partial charge in [-0.25, -0.2) is 0 Å². The number of nitrogens with one attached hydrogen (secondary N) is 1. The zero-order valence-corrected chi connectivity index (χ0v) is 10.9. The van der Waals surface area contributed by atoms with E-state index in [1.807, 2.05) is 6.92 Å². The molecule has 0 amide bonds. The molecule has 96 valence electrons. The predicted molar refractivity (Wildman–Crippen MR) is 66.8 cm³/mol. The summed E-state index contributed by atoms with van der Waals surface area (Å²) in [5.74, 6) is 2.33. The van der Waals surface area contributed by atoms with Crippen LogP contribution in [0.15, 0.2) is 4.52 Å². The fourth-order valence-electron chi connectivity index (χ4n) is 2.77. The van der Waals surface area contributed by atoms with Crippen molar-refractivity contribution in [1.82, 2.24) is 15.5 Å². The number of rotatable bonds is 5. The predicted octanol–water partition coefficient (Wildman–Crippen LogP) is 2.48. The van der Waals surface area contributed by atoms with Gasteiger partial charge in [0.1, 0.15) is 0 Å². The second kappa shape index (κ2) is 6.15. The smallest absolute Gasteiger partial charge is 0.227 e. The Balaban J connectivity index is 1.73. The normalized spacial score (nSPS) is 25.1. The van der Waals surface area contributed by atoms with Crippen molar-refractivity contribution < 1.29 is 4.52 Å². The molecular formula is C13H23N3O. The molecule has 1 N–H and O–H groups in total. The van der Waals surface area contributed by atoms with Gasteiger partial charge in [0.05, 0.1) is 0 Å². The van der Waals surface area contributed by atoms with E-state index < -0.39 is 0 Å². The van der Waals surface area contributed by atoms with Gasteiger partial charge in [-0.15, -0.1) is 0 Å². The van der Waals surface area contributed by atoms with Crippen LogP contribution in [0.3, 0.4) is 0 Å². The Morgan fingerprint density at radius 1 is 1.35 bits per heavy atom. The molecular weight excluding hydrogens is 214 g/mol. The standard InChI is InChI=1S/C13H23N3O/c1-3-11-6-4-5-7-12(11)14-9-8-13-15-10(2)16-17-13/h11-12,14H,3-9H2,1-2H3. The third-order valence-corrected chi connectivity index (χ3v) is 3.75. The van der Waals surface area contributed by atoms with Gasteiger partial charge < -0.3 is 9.84 Å². The molecule has 0 spiro atoms. The van der Waals surface area contributed by atoms with E-state index in [1.54, 1.807) is 0 Å². The molecule has 1 aromatic rings. The van der Waals surface area contributed by atoms with Crippen LogP contribution in [0.4, 0.5) is 0 Å². The average molecular weight is 237 g/mol. The SMILES string of the molecule is CCC1CCCCC1NCCc1nc(C)no1. The van der Waals surface area contributed by atoms with E-state index in [0.717, 1.165) is 30.6 Å². The Bertz CT molecular complexity index is 337. The molecule has 1 aliphatic carbocycles. The first-order valence-electron chi connectivity index (χ1n) is 6.82. The summed E-state index contributed by atoms with van der Waals surface area (Å²) < 4.78 is 5.11. The fraction of sp³-hybridized carbons (Fsp3) is 0.846. The highest BCUT2D eigenvalue weighted by Crippen LogP contribution is 2.26. The van der Waals surface area contributed by atoms with Crippen LogP contribution in [0.25, 0.3) is 0 Å². The number of aryl methyl sites for hydroxylation is 1. The molecule has 2 unspecified atom stereocenters. The van der Waals surface area contributed by atoms with E-state index in [0.29, 0.717) is 6.04 Å². The lowest BCUT2D eigenvalue weighted by molar-refractivity contribution is 0.254. The van der Waals surface area contributed by atoms with Crippen LogP contribution < -0.4 is 5.32 Å². The zero-order chi connectivity index (χ0) is 12.1. The van der Waals surface area contributed by atoms with Gasteiger partial charge in [-0.3, -0.25) is 0 Å². The maximum atomic E-state index is 5.11. The summed E-state index contributed by atoms with van der Waals surface area (Å²) in [5, 5.41) is 7.45. The van der Waals surface area contributed by atoms with Crippen molar-refractivity contribution in [1.29, 1.82) is 0 Å². The van der Waals surface area contributed by atoms with Crippen LogP contribution in [0.1, 0.15) is 50.7 Å². The van der Waals surface area contributed by atoms with Crippen LogP contribution in [0.5, 0.6) is 0 Å². The van der Waals surface area contributed by atoms with E-state index in [1.165, 1.54) is 32.1 Å². The Labute approximate surface area is 103 Å². The summed E-state index contributed by atoms with van der Waals surface area (Å²) in [6.07, 6.45) is 7.60. The maximum Gasteiger partial charge on any atom is 0.227 e. The lowest BCUT2D eigenvalue weighted by Gasteiger charge is -2.31. The van der Waals surface area contributed by atoms with Crippen molar-refractivity contribution in [3.05, 3.63) is 11.7 Å². The Hall–Kier alpha value is -0.900. The quantitative estimate of drug-likeness (QED) is 0.854. The minimum absolute atomic E-state index is 0.692. The fourth-order valence-corrected chi connectivity index (χ4v) is 2.77. The molecule has 1 heterocycles. The Kier molecular flexibility index (Phi) is 4.54. The van der Waals surface area contributed by atoms with Gasteiger partial charge in [-0.05, 0) is 25.7 Å². The minimum atomic E-state index is 0.692. The van der Waals surface area contributed by atoms with Gasteiger partial charge in [0.2, 0.25) is 5.89 Å². The summed E-state index contributed by atoms with van der Waals surface area (Å²) in [6, 6.07) is 0.692. The van der Waals surface area contributed by atoms with E-state index in [2.05, 4.69) is 22.4 Å². The van der Waals surface area contributed by atoms with Crippen molar-refractivity contribution >= 4 is 0 Å². The third kappa shape index (κ3) is 3.53. The molecule has 0 saturated heterocycles. The zero-order valence-electron chi connectivity index (χ0n) is 10.9. The first kappa shape index (κ1) is 12.6. The molecule has 0 radical (unpaired) electrons. The number of aromatic nitrogens is 2. The lowest BCUT2D eigenvalue weighted by atomic mass is 9.83. The highest BCUT2D eigenvalue weighted by molar-refractivity contribution is 4.85. The van der Waals surface area contributed by atoms with Crippen LogP contribution >= 0.6 is 0 Å². The van der Waals surface area contributed by atoms with Crippen molar-refractivity contribution in [2.24, 2.45) is 5.92 Å². The molecule has 1 saturated carbocycles. The van der Waals surface area contributed by atoms with Gasteiger partial charge in [0.15, 0.2) is 5.82 Å². The molecule has 17 heavy (non-hydrogen) atoms. The minimum Gasteiger partial charge on any atom is -0.339 e. The van der Waals surface area contributed by atoms with Gasteiger partial charge in [-0.1, -0.05) is 31.3 Å². The van der Waals surface area contributed by atoms with E-state index in [9.17, 15) is 0 Å². The molecule has 0 aromatic carbocycles. The number of hydrogen-bond donors (Lipinski definition) is 1. The summed E-state index contributed by atoms with van der Waals surface area (Å²) >= 11 is 0. The van der Waals surface area contributed by atoms with Gasteiger partial charge in [0, 0.05) is 19.0 Å². The first-order valence-corrected chi connectivity index (χ1v) is 6.82. The van der Waals surface area contributed by atoms with Crippen molar-refractivity contribution in [3.63, 3.8) is 0 Å². The second-order valence-electron chi connectivity index (χ2n) is 5.00. The maximum absolute atomic E-state index is 5.11. The lowest BCUT2D eigenvalue weighted by Crippen LogP contribution is -2.39. The highest BCUT2D eigenvalue weighted by Gasteiger charge is 2.22. The highest BCUT2D eigenvalue weighted by atomic mass is 16.5. The third-order valence-electron chi connectivity index (χ3n) is 3.75. The van der Waals surface area contributed by atoms with Crippen molar-refractivity contribution in [3.8, 4) is 0 Å². The van der Waals surface area contributed by atoms with Crippen LogP contribution in [-0.4, -0.2) is 22.7 Å². The molecule has 1 aromatic heterocycles. The van der Waals surface area contributed by atoms with Crippen LogP contribution in [0, 0.1) is 12.8 Å². The van der Waals surface area contributed by atoms with Gasteiger partial charge in [-0.2, -0.15) is 4.98 Å². The van der Waals surface area contributed by atoms with Crippen LogP contribution in [0.2, 0.25) is 0 Å². The molecule has 4 nitrogen and oxygen atoms in total. The topological polar surface area (TPSA) is 51.0 Å². The summed E-state index contributed by atoms with van der Waals surface area (Å²) in [6.45, 7) is 5.10. The first-order chi connectivity index (χ1) is 8.29.